The lowest BCUT2D eigenvalue weighted by molar-refractivity contribution is -0.135. The normalized spacial score (nSPS) is 15.4. The SMILES string of the molecule is NC(=O)c1cc(-c2cccc(-c3noc(Cc4ccc5oc(=O)n(C6CCC(=O)NC6=O)c5c4)n3)c2F)ccn1. The van der Waals surface area contributed by atoms with Crippen molar-refractivity contribution in [3.63, 3.8) is 0 Å². The highest BCUT2D eigenvalue weighted by molar-refractivity contribution is 6.00. The predicted molar refractivity (Wildman–Crippen MR) is 136 cm³/mol. The molecule has 0 spiro atoms. The molecule has 1 aliphatic rings. The Morgan fingerprint density at radius 1 is 1.12 bits per heavy atom. The highest BCUT2D eigenvalue weighted by Gasteiger charge is 2.31. The number of halogens is 1. The Kier molecular flexibility index (Phi) is 6.02. The topological polar surface area (TPSA) is 176 Å². The number of hydrogen-bond donors (Lipinski definition) is 2. The molecule has 1 unspecified atom stereocenters. The molecular weight excluding hydrogens is 523 g/mol. The van der Waals surface area contributed by atoms with Crippen LogP contribution in [-0.2, 0) is 16.0 Å². The number of aromatic nitrogens is 4. The van der Waals surface area contributed by atoms with Crippen LogP contribution in [0.5, 0.6) is 0 Å². The standard InChI is InChI=1S/C27H19FN6O6/c28-23-15(14-8-9-30-17(12-14)24(29)36)2-1-3-16(23)25-32-22(40-33-25)11-13-4-6-20-19(10-13)34(27(38)39-20)18-5-7-21(35)31-26(18)37/h1-4,6,8-10,12,18H,5,7,11H2,(H2,29,36)(H,31,35,37). The van der Waals surface area contributed by atoms with Crippen LogP contribution in [0, 0.1) is 5.82 Å². The minimum Gasteiger partial charge on any atom is -0.408 e. The number of nitrogens with one attached hydrogen (secondary N) is 1. The summed E-state index contributed by atoms with van der Waals surface area (Å²) in [5, 5.41) is 6.17. The average Bonchev–Trinajstić information content (AvgIpc) is 3.52. The molecule has 200 valence electrons. The van der Waals surface area contributed by atoms with Gasteiger partial charge in [0.1, 0.15) is 17.6 Å². The minimum atomic E-state index is -0.883. The van der Waals surface area contributed by atoms with Crippen LogP contribution < -0.4 is 16.8 Å². The van der Waals surface area contributed by atoms with Gasteiger partial charge in [0.2, 0.25) is 23.5 Å². The number of rotatable bonds is 6. The number of piperidine rings is 1. The lowest BCUT2D eigenvalue weighted by Gasteiger charge is -2.21. The van der Waals surface area contributed by atoms with Crippen molar-refractivity contribution < 1.29 is 27.7 Å². The summed E-state index contributed by atoms with van der Waals surface area (Å²) < 4.78 is 27.4. The Hall–Kier alpha value is -5.46. The molecule has 13 heteroatoms. The molecule has 5 aromatic rings. The highest BCUT2D eigenvalue weighted by Crippen LogP contribution is 2.30. The summed E-state index contributed by atoms with van der Waals surface area (Å²) >= 11 is 0. The number of pyridine rings is 1. The van der Waals surface area contributed by atoms with Crippen molar-refractivity contribution in [3.05, 3.63) is 88.2 Å². The molecule has 0 bridgehead atoms. The van der Waals surface area contributed by atoms with Crippen molar-refractivity contribution in [2.24, 2.45) is 5.73 Å². The lowest BCUT2D eigenvalue weighted by Crippen LogP contribution is -2.43. The zero-order chi connectivity index (χ0) is 28.0. The van der Waals surface area contributed by atoms with Gasteiger partial charge < -0.3 is 14.7 Å². The average molecular weight is 542 g/mol. The van der Waals surface area contributed by atoms with Crippen molar-refractivity contribution in [2.45, 2.75) is 25.3 Å². The van der Waals surface area contributed by atoms with Crippen LogP contribution in [0.25, 0.3) is 33.6 Å². The summed E-state index contributed by atoms with van der Waals surface area (Å²) in [5.41, 5.74) is 7.30. The third-order valence-corrected chi connectivity index (χ3v) is 6.59. The van der Waals surface area contributed by atoms with Crippen molar-refractivity contribution in [3.8, 4) is 22.5 Å². The van der Waals surface area contributed by atoms with E-state index < -0.39 is 35.3 Å². The van der Waals surface area contributed by atoms with Crippen LogP contribution in [0.1, 0.15) is 40.8 Å². The van der Waals surface area contributed by atoms with E-state index in [4.69, 9.17) is 14.7 Å². The van der Waals surface area contributed by atoms with Crippen LogP contribution in [-0.4, -0.2) is 37.4 Å². The van der Waals surface area contributed by atoms with Crippen LogP contribution in [0.4, 0.5) is 4.39 Å². The van der Waals surface area contributed by atoms with E-state index in [0.717, 1.165) is 0 Å². The molecule has 40 heavy (non-hydrogen) atoms. The van der Waals surface area contributed by atoms with Crippen LogP contribution in [0.3, 0.4) is 0 Å². The fourth-order valence-corrected chi connectivity index (χ4v) is 4.68. The van der Waals surface area contributed by atoms with Crippen molar-refractivity contribution in [1.82, 2.24) is 25.0 Å². The molecule has 1 aliphatic heterocycles. The molecule has 0 aliphatic carbocycles. The quantitative estimate of drug-likeness (QED) is 0.305. The monoisotopic (exact) mass is 542 g/mol. The second-order valence-corrected chi connectivity index (χ2v) is 9.16. The van der Waals surface area contributed by atoms with Gasteiger partial charge in [-0.2, -0.15) is 4.98 Å². The van der Waals surface area contributed by atoms with Gasteiger partial charge in [-0.1, -0.05) is 23.4 Å². The summed E-state index contributed by atoms with van der Waals surface area (Å²) in [7, 11) is 0. The number of hydrogen-bond acceptors (Lipinski definition) is 9. The maximum absolute atomic E-state index is 15.5. The molecule has 6 rings (SSSR count). The molecular formula is C27H19FN6O6. The van der Waals surface area contributed by atoms with Gasteiger partial charge >= 0.3 is 5.76 Å². The van der Waals surface area contributed by atoms with Gasteiger partial charge in [0.05, 0.1) is 17.5 Å². The molecule has 12 nitrogen and oxygen atoms in total. The fraction of sp³-hybridized carbons (Fsp3) is 0.148. The van der Waals surface area contributed by atoms with Crippen molar-refractivity contribution in [2.75, 3.05) is 0 Å². The van der Waals surface area contributed by atoms with Gasteiger partial charge in [-0.15, -0.1) is 0 Å². The van der Waals surface area contributed by atoms with Crippen LogP contribution in [0.15, 0.2) is 68.5 Å². The molecule has 2 aromatic carbocycles. The number of carbonyl (C=O) groups excluding carboxylic acids is 3. The van der Waals surface area contributed by atoms with Gasteiger partial charge in [-0.25, -0.2) is 9.18 Å². The van der Waals surface area contributed by atoms with E-state index >= 15 is 4.39 Å². The van der Waals surface area contributed by atoms with E-state index in [1.165, 1.54) is 22.9 Å². The van der Waals surface area contributed by atoms with Crippen LogP contribution >= 0.6 is 0 Å². The van der Waals surface area contributed by atoms with Gasteiger partial charge in [-0.3, -0.25) is 29.3 Å². The minimum absolute atomic E-state index is 0.00164. The number of amides is 3. The first-order valence-electron chi connectivity index (χ1n) is 12.1. The number of oxazole rings is 1. The first-order valence-corrected chi connectivity index (χ1v) is 12.1. The van der Waals surface area contributed by atoms with Gasteiger partial charge in [-0.05, 0) is 47.9 Å². The van der Waals surface area contributed by atoms with Crippen molar-refractivity contribution >= 4 is 28.8 Å². The maximum atomic E-state index is 15.5. The fourth-order valence-electron chi connectivity index (χ4n) is 4.68. The Morgan fingerprint density at radius 2 is 1.95 bits per heavy atom. The number of primary amides is 1. The molecule has 1 atom stereocenters. The van der Waals surface area contributed by atoms with E-state index in [-0.39, 0.29) is 53.4 Å². The molecule has 3 amide bonds. The Labute approximate surface area is 223 Å². The third kappa shape index (κ3) is 4.42. The second kappa shape index (κ2) is 9.69. The van der Waals surface area contributed by atoms with E-state index in [9.17, 15) is 19.2 Å². The summed E-state index contributed by atoms with van der Waals surface area (Å²) in [5.74, 6) is -2.84. The first-order chi connectivity index (χ1) is 19.3. The number of nitrogens with two attached hydrogens (primary N) is 1. The first kappa shape index (κ1) is 24.9. The molecule has 3 N–H and O–H groups in total. The number of fused-ring (bicyclic) bond motifs is 1. The lowest BCUT2D eigenvalue weighted by atomic mass is 10.0. The molecule has 1 fully saturated rings. The van der Waals surface area contributed by atoms with E-state index in [0.29, 0.717) is 16.6 Å². The highest BCUT2D eigenvalue weighted by atomic mass is 19.1. The Bertz CT molecular complexity index is 1890. The maximum Gasteiger partial charge on any atom is 0.420 e. The van der Waals surface area contributed by atoms with E-state index in [1.54, 1.807) is 36.4 Å². The molecule has 1 saturated heterocycles. The molecule has 4 heterocycles. The third-order valence-electron chi connectivity index (χ3n) is 6.59. The number of imide groups is 1. The molecule has 0 saturated carbocycles. The van der Waals surface area contributed by atoms with Gasteiger partial charge in [0.15, 0.2) is 5.58 Å². The molecule has 0 radical (unpaired) electrons. The largest absolute Gasteiger partial charge is 0.420 e. The molecule has 3 aromatic heterocycles. The van der Waals surface area contributed by atoms with Crippen molar-refractivity contribution in [1.29, 1.82) is 0 Å². The summed E-state index contributed by atoms with van der Waals surface area (Å²) in [6, 6.07) is 11.7. The summed E-state index contributed by atoms with van der Waals surface area (Å²) in [6.45, 7) is 0. The Balaban J connectivity index is 1.29. The zero-order valence-corrected chi connectivity index (χ0v) is 20.6. The van der Waals surface area contributed by atoms with Gasteiger partial charge in [0, 0.05) is 18.2 Å². The van der Waals surface area contributed by atoms with E-state index in [2.05, 4.69) is 20.4 Å². The number of benzene rings is 2. The summed E-state index contributed by atoms with van der Waals surface area (Å²) in [6.07, 6.45) is 1.78. The van der Waals surface area contributed by atoms with Gasteiger partial charge in [0.25, 0.3) is 5.91 Å². The Morgan fingerprint density at radius 3 is 2.75 bits per heavy atom. The summed E-state index contributed by atoms with van der Waals surface area (Å²) in [4.78, 5) is 56.2. The zero-order valence-electron chi connectivity index (χ0n) is 20.6. The number of carbonyl (C=O) groups is 3. The smallest absolute Gasteiger partial charge is 0.408 e. The van der Waals surface area contributed by atoms with E-state index in [1.807, 2.05) is 0 Å². The second-order valence-electron chi connectivity index (χ2n) is 9.16. The predicted octanol–water partition coefficient (Wildman–Crippen LogP) is 2.51. The van der Waals surface area contributed by atoms with Crippen LogP contribution in [0.2, 0.25) is 0 Å². The number of nitrogens with zero attached hydrogens (tertiary/aromatic N) is 4.